The van der Waals surface area contributed by atoms with Gasteiger partial charge < -0.3 is 20.1 Å². The molecule has 28 heavy (non-hydrogen) atoms. The number of aryl methyl sites for hydroxylation is 2. The molecule has 1 aliphatic carbocycles. The van der Waals surface area contributed by atoms with Gasteiger partial charge in [-0.05, 0) is 38.0 Å². The van der Waals surface area contributed by atoms with Gasteiger partial charge in [-0.1, -0.05) is 26.0 Å². The van der Waals surface area contributed by atoms with Gasteiger partial charge in [0.1, 0.15) is 17.4 Å². The van der Waals surface area contributed by atoms with E-state index in [-0.39, 0.29) is 35.9 Å². The Labute approximate surface area is 175 Å². The van der Waals surface area contributed by atoms with Crippen LogP contribution in [-0.2, 0) is 9.53 Å². The van der Waals surface area contributed by atoms with Crippen LogP contribution in [0.3, 0.4) is 0 Å². The third-order valence-electron chi connectivity index (χ3n) is 6.58. The van der Waals surface area contributed by atoms with Gasteiger partial charge in [-0.3, -0.25) is 4.79 Å². The monoisotopic (exact) mass is 410 g/mol. The Balaban J connectivity index is 0.00000280. The molecule has 2 fully saturated rings. The number of hydrogen-bond acceptors (Lipinski definition) is 4. The number of piperidine rings is 1. The van der Waals surface area contributed by atoms with Gasteiger partial charge in [0.2, 0.25) is 5.91 Å². The fourth-order valence-electron chi connectivity index (χ4n) is 4.27. The number of carbonyl (C=O) groups is 1. The lowest BCUT2D eigenvalue weighted by atomic mass is 9.54. The lowest BCUT2D eigenvalue weighted by molar-refractivity contribution is -0.180. The zero-order valence-electron chi connectivity index (χ0n) is 17.8. The van der Waals surface area contributed by atoms with E-state index in [4.69, 9.17) is 15.2 Å². The molecule has 3 rings (SSSR count). The summed E-state index contributed by atoms with van der Waals surface area (Å²) in [5.41, 5.74) is 7.75. The smallest absolute Gasteiger partial charge is 0.243 e. The minimum Gasteiger partial charge on any atom is -0.490 e. The van der Waals surface area contributed by atoms with E-state index in [0.717, 1.165) is 24.2 Å². The van der Waals surface area contributed by atoms with Crippen LogP contribution < -0.4 is 10.5 Å². The highest BCUT2D eigenvalue weighted by atomic mass is 35.5. The van der Waals surface area contributed by atoms with Crippen LogP contribution >= 0.6 is 12.4 Å². The van der Waals surface area contributed by atoms with Crippen molar-refractivity contribution in [3.05, 3.63) is 29.3 Å². The van der Waals surface area contributed by atoms with E-state index >= 15 is 0 Å². The maximum Gasteiger partial charge on any atom is 0.243 e. The van der Waals surface area contributed by atoms with Crippen LogP contribution in [0.4, 0.5) is 0 Å². The number of likely N-dealkylation sites (tertiary alicyclic amines) is 1. The highest BCUT2D eigenvalue weighted by Crippen LogP contribution is 2.50. The normalized spacial score (nSPS) is 26.9. The molecule has 0 spiro atoms. The van der Waals surface area contributed by atoms with E-state index in [9.17, 15) is 4.79 Å². The van der Waals surface area contributed by atoms with Crippen molar-refractivity contribution in [3.8, 4) is 5.75 Å². The van der Waals surface area contributed by atoms with Crippen molar-refractivity contribution in [2.24, 2.45) is 11.1 Å². The maximum atomic E-state index is 13.1. The minimum atomic E-state index is -0.826. The van der Waals surface area contributed by atoms with Crippen LogP contribution in [0.25, 0.3) is 0 Å². The van der Waals surface area contributed by atoms with Crippen molar-refractivity contribution >= 4 is 18.3 Å². The van der Waals surface area contributed by atoms with Crippen LogP contribution in [-0.4, -0.2) is 48.3 Å². The van der Waals surface area contributed by atoms with E-state index in [0.29, 0.717) is 26.1 Å². The van der Waals surface area contributed by atoms with Gasteiger partial charge in [-0.2, -0.15) is 0 Å². The number of carbonyl (C=O) groups excluding carboxylic acids is 1. The molecule has 5 nitrogen and oxygen atoms in total. The lowest BCUT2D eigenvalue weighted by Gasteiger charge is -2.59. The van der Waals surface area contributed by atoms with Gasteiger partial charge in [-0.25, -0.2) is 0 Å². The number of nitrogens with two attached hydrogens (primary N) is 1. The molecule has 2 N–H and O–H groups in total. The minimum absolute atomic E-state index is 0. The van der Waals surface area contributed by atoms with E-state index in [1.165, 1.54) is 5.56 Å². The maximum absolute atomic E-state index is 13.1. The van der Waals surface area contributed by atoms with Crippen LogP contribution in [0.1, 0.15) is 51.2 Å². The average Bonchev–Trinajstić information content (AvgIpc) is 2.64. The highest BCUT2D eigenvalue weighted by Gasteiger charge is 2.63. The van der Waals surface area contributed by atoms with Crippen LogP contribution in [0, 0.1) is 19.3 Å². The molecular formula is C22H35ClN2O3. The molecule has 6 heteroatoms. The molecule has 1 aliphatic heterocycles. The second-order valence-corrected chi connectivity index (χ2v) is 8.72. The number of amides is 1. The van der Waals surface area contributed by atoms with E-state index in [1.807, 2.05) is 25.7 Å². The number of rotatable bonds is 5. The van der Waals surface area contributed by atoms with E-state index in [1.54, 1.807) is 0 Å². The summed E-state index contributed by atoms with van der Waals surface area (Å²) < 4.78 is 12.0. The molecule has 1 aromatic carbocycles. The zero-order valence-corrected chi connectivity index (χ0v) is 18.6. The molecule has 2 aliphatic rings. The fraction of sp³-hybridized carbons (Fsp3) is 0.682. The summed E-state index contributed by atoms with van der Waals surface area (Å²) in [4.78, 5) is 15.1. The number of nitrogens with zero attached hydrogens (tertiary/aromatic N) is 1. The van der Waals surface area contributed by atoms with E-state index in [2.05, 4.69) is 32.0 Å². The molecule has 0 aromatic heterocycles. The first kappa shape index (κ1) is 23.0. The largest absolute Gasteiger partial charge is 0.490 e. The fourth-order valence-corrected chi connectivity index (χ4v) is 4.27. The van der Waals surface area contributed by atoms with Crippen molar-refractivity contribution < 1.29 is 14.3 Å². The SMILES string of the molecule is CCOC1CC(N)(C(=O)N2CCC(Oc3cc(C)ccc3C)CC2)C1(C)C.Cl. The van der Waals surface area contributed by atoms with Crippen molar-refractivity contribution in [2.75, 3.05) is 19.7 Å². The van der Waals surface area contributed by atoms with Gasteiger partial charge in [0.25, 0.3) is 0 Å². The van der Waals surface area contributed by atoms with Gasteiger partial charge in [0.05, 0.1) is 6.10 Å². The molecule has 2 unspecified atom stereocenters. The second-order valence-electron chi connectivity index (χ2n) is 8.72. The Kier molecular flexibility index (Phi) is 7.06. The Morgan fingerprint density at radius 1 is 1.25 bits per heavy atom. The highest BCUT2D eigenvalue weighted by molar-refractivity contribution is 5.89. The first-order valence-electron chi connectivity index (χ1n) is 10.1. The molecule has 2 atom stereocenters. The summed E-state index contributed by atoms with van der Waals surface area (Å²) in [6.45, 7) is 12.3. The van der Waals surface area contributed by atoms with Crippen LogP contribution in [0.2, 0.25) is 0 Å². The zero-order chi connectivity index (χ0) is 19.8. The number of hydrogen-bond donors (Lipinski definition) is 1. The molecule has 0 radical (unpaired) electrons. The summed E-state index contributed by atoms with van der Waals surface area (Å²) in [6, 6.07) is 6.28. The summed E-state index contributed by atoms with van der Waals surface area (Å²) in [5, 5.41) is 0. The van der Waals surface area contributed by atoms with Crippen molar-refractivity contribution in [1.29, 1.82) is 0 Å². The summed E-state index contributed by atoms with van der Waals surface area (Å²) in [6.07, 6.45) is 2.48. The Morgan fingerprint density at radius 3 is 2.46 bits per heavy atom. The van der Waals surface area contributed by atoms with Crippen LogP contribution in [0.15, 0.2) is 18.2 Å². The number of halogens is 1. The van der Waals surface area contributed by atoms with E-state index < -0.39 is 5.54 Å². The molecular weight excluding hydrogens is 376 g/mol. The molecule has 158 valence electrons. The first-order valence-corrected chi connectivity index (χ1v) is 10.1. The Morgan fingerprint density at radius 2 is 1.89 bits per heavy atom. The molecule has 1 amide bonds. The molecule has 1 aromatic rings. The number of ether oxygens (including phenoxy) is 2. The molecule has 1 saturated heterocycles. The summed E-state index contributed by atoms with van der Waals surface area (Å²) in [5.74, 6) is 1.02. The molecule has 1 saturated carbocycles. The van der Waals surface area contributed by atoms with Gasteiger partial charge >= 0.3 is 0 Å². The summed E-state index contributed by atoms with van der Waals surface area (Å²) in [7, 11) is 0. The Hall–Kier alpha value is -1.30. The summed E-state index contributed by atoms with van der Waals surface area (Å²) >= 11 is 0. The average molecular weight is 411 g/mol. The predicted octanol–water partition coefficient (Wildman–Crippen LogP) is 3.63. The first-order chi connectivity index (χ1) is 12.7. The predicted molar refractivity (Wildman–Crippen MR) is 114 cm³/mol. The quantitative estimate of drug-likeness (QED) is 0.804. The molecule has 0 bridgehead atoms. The third-order valence-corrected chi connectivity index (χ3v) is 6.58. The topological polar surface area (TPSA) is 64.8 Å². The van der Waals surface area contributed by atoms with Gasteiger partial charge in [0, 0.05) is 44.4 Å². The van der Waals surface area contributed by atoms with Crippen molar-refractivity contribution in [1.82, 2.24) is 4.90 Å². The second kappa shape index (κ2) is 8.60. The van der Waals surface area contributed by atoms with Crippen molar-refractivity contribution in [2.45, 2.75) is 71.6 Å². The van der Waals surface area contributed by atoms with Gasteiger partial charge in [-0.15, -0.1) is 12.4 Å². The Bertz CT molecular complexity index is 701. The lowest BCUT2D eigenvalue weighted by Crippen LogP contribution is -2.76. The van der Waals surface area contributed by atoms with Crippen LogP contribution in [0.5, 0.6) is 5.75 Å². The van der Waals surface area contributed by atoms with Gasteiger partial charge in [0.15, 0.2) is 0 Å². The molecule has 1 heterocycles. The third kappa shape index (κ3) is 4.03. The van der Waals surface area contributed by atoms with Crippen molar-refractivity contribution in [3.63, 3.8) is 0 Å². The standard InChI is InChI=1S/C22H34N2O3.ClH/c1-6-26-19-14-22(23,21(19,4)5)20(25)24-11-9-17(10-12-24)27-18-13-15(2)7-8-16(18)3;/h7-8,13,17,19H,6,9-12,14,23H2,1-5H3;1H. The number of benzene rings is 1.